The number of hydrogen-bond donors (Lipinski definition) is 2. The molecule has 0 aliphatic heterocycles. The standard InChI is InChI=1S/C15H12O6S2.Ca.2H/c1-9-6-12-7-10-4-2-3-5-11(10)8-13(12)15(23(19,20)21)14(9)22(16,17)18;;;/h2-8H,1H3,(H,16,17,18)(H,19,20,21);;;. The topological polar surface area (TPSA) is 109 Å². The van der Waals surface area contributed by atoms with Gasteiger partial charge in [-0.2, -0.15) is 16.8 Å². The Bertz CT molecular complexity index is 1170. The molecule has 0 aliphatic rings. The molecule has 0 aliphatic carbocycles. The molecule has 0 atom stereocenters. The fourth-order valence-corrected chi connectivity index (χ4v) is 5.04. The molecular weight excluding hydrogens is 380 g/mol. The zero-order valence-electron chi connectivity index (χ0n) is 11.9. The van der Waals surface area contributed by atoms with Crippen LogP contribution in [0.3, 0.4) is 0 Å². The molecule has 24 heavy (non-hydrogen) atoms. The number of rotatable bonds is 2. The van der Waals surface area contributed by atoms with Crippen molar-refractivity contribution in [1.29, 1.82) is 0 Å². The third-order valence-corrected chi connectivity index (χ3v) is 5.73. The normalized spacial score (nSPS) is 12.3. The van der Waals surface area contributed by atoms with Gasteiger partial charge in [-0.25, -0.2) is 0 Å². The monoisotopic (exact) mass is 394 g/mol. The van der Waals surface area contributed by atoms with Gasteiger partial charge in [0.25, 0.3) is 20.2 Å². The van der Waals surface area contributed by atoms with Gasteiger partial charge in [0.05, 0.1) is 0 Å². The van der Waals surface area contributed by atoms with Gasteiger partial charge in [-0.05, 0) is 46.8 Å². The summed E-state index contributed by atoms with van der Waals surface area (Å²) in [6.07, 6.45) is 0. The molecule has 0 amide bonds. The van der Waals surface area contributed by atoms with Crippen LogP contribution in [0.5, 0.6) is 0 Å². The molecule has 0 radical (unpaired) electrons. The van der Waals surface area contributed by atoms with Crippen molar-refractivity contribution in [2.45, 2.75) is 16.7 Å². The van der Waals surface area contributed by atoms with Crippen molar-refractivity contribution in [1.82, 2.24) is 0 Å². The van der Waals surface area contributed by atoms with Crippen LogP contribution < -0.4 is 0 Å². The van der Waals surface area contributed by atoms with E-state index in [0.29, 0.717) is 10.8 Å². The predicted molar refractivity (Wildman–Crippen MR) is 94.4 cm³/mol. The van der Waals surface area contributed by atoms with Gasteiger partial charge in [-0.1, -0.05) is 24.3 Å². The molecule has 0 saturated heterocycles. The van der Waals surface area contributed by atoms with Crippen molar-refractivity contribution >= 4 is 79.5 Å². The van der Waals surface area contributed by atoms with Gasteiger partial charge < -0.3 is 0 Å². The van der Waals surface area contributed by atoms with Gasteiger partial charge >= 0.3 is 37.7 Å². The molecule has 0 unspecified atom stereocenters. The zero-order chi connectivity index (χ0) is 17.0. The van der Waals surface area contributed by atoms with E-state index >= 15 is 0 Å². The van der Waals surface area contributed by atoms with E-state index in [9.17, 15) is 25.9 Å². The van der Waals surface area contributed by atoms with Crippen molar-refractivity contribution in [2.24, 2.45) is 0 Å². The summed E-state index contributed by atoms with van der Waals surface area (Å²) in [6, 6.07) is 11.8. The summed E-state index contributed by atoms with van der Waals surface area (Å²) in [7, 11) is -9.70. The van der Waals surface area contributed by atoms with Crippen molar-refractivity contribution in [2.75, 3.05) is 0 Å². The van der Waals surface area contributed by atoms with Crippen LogP contribution in [0.15, 0.2) is 52.3 Å². The number of hydrogen-bond acceptors (Lipinski definition) is 4. The average molecular weight is 394 g/mol. The van der Waals surface area contributed by atoms with Crippen molar-refractivity contribution in [3.8, 4) is 0 Å². The molecule has 0 bridgehead atoms. The van der Waals surface area contributed by atoms with Gasteiger partial charge in [-0.3, -0.25) is 9.11 Å². The van der Waals surface area contributed by atoms with Crippen LogP contribution in [0, 0.1) is 6.92 Å². The molecule has 3 aromatic carbocycles. The Hall–Kier alpha value is -0.740. The molecule has 2 N–H and O–H groups in total. The first-order chi connectivity index (χ1) is 10.6. The summed E-state index contributed by atoms with van der Waals surface area (Å²) in [6.45, 7) is 1.35. The average Bonchev–Trinajstić information content (AvgIpc) is 2.41. The number of benzene rings is 3. The SMILES string of the molecule is Cc1cc2cc3ccccc3cc2c(S(=O)(=O)O)c1S(=O)(=O)O.[CaH2]. The summed E-state index contributed by atoms with van der Waals surface area (Å²) in [4.78, 5) is -1.61. The summed E-state index contributed by atoms with van der Waals surface area (Å²) in [5, 5.41) is 1.99. The van der Waals surface area contributed by atoms with Gasteiger partial charge in [-0.15, -0.1) is 0 Å². The summed E-state index contributed by atoms with van der Waals surface area (Å²) in [5.74, 6) is 0. The Kier molecular flexibility index (Phi) is 5.33. The van der Waals surface area contributed by atoms with Crippen LogP contribution in [0.25, 0.3) is 21.5 Å². The van der Waals surface area contributed by atoms with Crippen LogP contribution in [-0.4, -0.2) is 63.7 Å². The third kappa shape index (κ3) is 3.45. The van der Waals surface area contributed by atoms with Gasteiger partial charge in [0.2, 0.25) is 0 Å². The summed E-state index contributed by atoms with van der Waals surface area (Å²) in [5.41, 5.74) is 0.0305. The first-order valence-electron chi connectivity index (χ1n) is 6.50. The molecular formula is C15H14CaO6S2. The minimum atomic E-state index is -4.87. The van der Waals surface area contributed by atoms with E-state index in [1.54, 1.807) is 18.2 Å². The van der Waals surface area contributed by atoms with Crippen LogP contribution in [0.1, 0.15) is 5.56 Å². The Morgan fingerprint density at radius 1 is 0.750 bits per heavy atom. The molecule has 0 saturated carbocycles. The van der Waals surface area contributed by atoms with Crippen molar-refractivity contribution in [3.63, 3.8) is 0 Å². The zero-order valence-corrected chi connectivity index (χ0v) is 13.5. The van der Waals surface area contributed by atoms with Crippen molar-refractivity contribution in [3.05, 3.63) is 48.0 Å². The van der Waals surface area contributed by atoms with Crippen LogP contribution in [0.4, 0.5) is 0 Å². The van der Waals surface area contributed by atoms with Gasteiger partial charge in [0, 0.05) is 5.39 Å². The molecule has 3 rings (SSSR count). The van der Waals surface area contributed by atoms with E-state index in [4.69, 9.17) is 0 Å². The third-order valence-electron chi connectivity index (χ3n) is 3.61. The van der Waals surface area contributed by atoms with E-state index in [1.165, 1.54) is 19.1 Å². The Balaban J connectivity index is 0.00000208. The summed E-state index contributed by atoms with van der Waals surface area (Å²) < 4.78 is 65.7. The fraction of sp³-hybridized carbons (Fsp3) is 0.0667. The fourth-order valence-electron chi connectivity index (χ4n) is 2.75. The quantitative estimate of drug-likeness (QED) is 0.390. The number of aryl methyl sites for hydroxylation is 1. The molecule has 124 valence electrons. The first kappa shape index (κ1) is 19.6. The Morgan fingerprint density at radius 2 is 1.25 bits per heavy atom. The molecule has 6 nitrogen and oxygen atoms in total. The number of fused-ring (bicyclic) bond motifs is 2. The Labute approximate surface area is 169 Å². The van der Waals surface area contributed by atoms with E-state index in [1.807, 2.05) is 12.1 Å². The second-order valence-electron chi connectivity index (χ2n) is 5.22. The Morgan fingerprint density at radius 3 is 1.75 bits per heavy atom. The maximum absolute atomic E-state index is 11.8. The molecule has 9 heteroatoms. The predicted octanol–water partition coefficient (Wildman–Crippen LogP) is 1.88. The van der Waals surface area contributed by atoms with Crippen LogP contribution in [0.2, 0.25) is 0 Å². The van der Waals surface area contributed by atoms with Crippen LogP contribution in [-0.2, 0) is 20.2 Å². The summed E-state index contributed by atoms with van der Waals surface area (Å²) >= 11 is 0. The molecule has 0 aromatic heterocycles. The van der Waals surface area contributed by atoms with Crippen molar-refractivity contribution < 1.29 is 25.9 Å². The van der Waals surface area contributed by atoms with E-state index in [-0.39, 0.29) is 48.7 Å². The first-order valence-corrected chi connectivity index (χ1v) is 9.38. The van der Waals surface area contributed by atoms with Gasteiger partial charge in [0.15, 0.2) is 0 Å². The van der Waals surface area contributed by atoms with E-state index in [0.717, 1.165) is 5.39 Å². The molecule has 0 spiro atoms. The molecule has 3 aromatic rings. The molecule has 0 heterocycles. The minimum absolute atomic E-state index is 0. The van der Waals surface area contributed by atoms with E-state index in [2.05, 4.69) is 0 Å². The van der Waals surface area contributed by atoms with Gasteiger partial charge in [0.1, 0.15) is 9.79 Å². The second kappa shape index (κ2) is 6.53. The van der Waals surface area contributed by atoms with Crippen LogP contribution >= 0.6 is 0 Å². The van der Waals surface area contributed by atoms with E-state index < -0.39 is 30.0 Å². The second-order valence-corrected chi connectivity index (χ2v) is 7.94. The molecule has 0 fully saturated rings. The maximum atomic E-state index is 11.8.